The summed E-state index contributed by atoms with van der Waals surface area (Å²) in [5.41, 5.74) is 0.557. The first kappa shape index (κ1) is 26.3. The summed E-state index contributed by atoms with van der Waals surface area (Å²) in [5.74, 6) is -1.57. The monoisotopic (exact) mass is 556 g/mol. The Morgan fingerprint density at radius 1 is 1.00 bits per heavy atom. The SMILES string of the molecule is CCCc1[nH]n(-c2ccc(Cl)c(Cl)c2)c(=O)c1C1=C(N2CCC(C)CC2)C(=O)N(c2ccccc2F)C1=O. The highest BCUT2D eigenvalue weighted by atomic mass is 35.5. The minimum Gasteiger partial charge on any atom is -0.366 e. The number of halogens is 3. The zero-order valence-corrected chi connectivity index (χ0v) is 22.6. The molecule has 38 heavy (non-hydrogen) atoms. The lowest BCUT2D eigenvalue weighted by Crippen LogP contribution is -2.38. The van der Waals surface area contributed by atoms with Crippen LogP contribution in [-0.2, 0) is 16.0 Å². The van der Waals surface area contributed by atoms with E-state index >= 15 is 0 Å². The van der Waals surface area contributed by atoms with E-state index in [1.165, 1.54) is 22.9 Å². The van der Waals surface area contributed by atoms with Gasteiger partial charge in [-0.1, -0.05) is 55.6 Å². The van der Waals surface area contributed by atoms with Gasteiger partial charge in [-0.25, -0.2) is 14.0 Å². The van der Waals surface area contributed by atoms with Gasteiger partial charge in [0.15, 0.2) is 0 Å². The molecular formula is C28H27Cl2FN4O3. The minimum atomic E-state index is -0.719. The van der Waals surface area contributed by atoms with Gasteiger partial charge in [0, 0.05) is 18.8 Å². The van der Waals surface area contributed by atoms with E-state index in [9.17, 15) is 18.8 Å². The molecule has 1 N–H and O–H groups in total. The molecule has 0 atom stereocenters. The molecule has 0 radical (unpaired) electrons. The molecule has 0 aliphatic carbocycles. The van der Waals surface area contributed by atoms with Gasteiger partial charge in [0.05, 0.1) is 32.6 Å². The fourth-order valence-corrected chi connectivity index (χ4v) is 5.39. The lowest BCUT2D eigenvalue weighted by atomic mass is 9.97. The first-order valence-electron chi connectivity index (χ1n) is 12.6. The number of aryl methyl sites for hydroxylation is 1. The Bertz CT molecular complexity index is 1520. The number of rotatable bonds is 6. The van der Waals surface area contributed by atoms with Crippen LogP contribution in [0.15, 0.2) is 53.0 Å². The highest BCUT2D eigenvalue weighted by molar-refractivity contribution is 6.45. The molecular weight excluding hydrogens is 530 g/mol. The lowest BCUT2D eigenvalue weighted by Gasteiger charge is -2.32. The zero-order valence-electron chi connectivity index (χ0n) is 21.1. The third-order valence-corrected chi connectivity index (χ3v) is 7.87. The Labute approximate surface area is 229 Å². The number of benzene rings is 2. The van der Waals surface area contributed by atoms with Crippen molar-refractivity contribution in [3.05, 3.63) is 85.6 Å². The quantitative estimate of drug-likeness (QED) is 0.402. The predicted molar refractivity (Wildman–Crippen MR) is 146 cm³/mol. The molecule has 0 unspecified atom stereocenters. The van der Waals surface area contributed by atoms with Crippen molar-refractivity contribution in [2.75, 3.05) is 18.0 Å². The molecule has 1 fully saturated rings. The van der Waals surface area contributed by atoms with Gasteiger partial charge in [-0.05, 0) is 55.5 Å². The molecule has 1 aromatic heterocycles. The predicted octanol–water partition coefficient (Wildman–Crippen LogP) is 5.58. The molecule has 1 saturated heterocycles. The molecule has 7 nitrogen and oxygen atoms in total. The first-order valence-corrected chi connectivity index (χ1v) is 13.4. The summed E-state index contributed by atoms with van der Waals surface area (Å²) >= 11 is 12.3. The van der Waals surface area contributed by atoms with E-state index in [0.717, 1.165) is 17.7 Å². The summed E-state index contributed by atoms with van der Waals surface area (Å²) in [4.78, 5) is 44.5. The number of carbonyl (C=O) groups excluding carboxylic acids is 2. The molecule has 2 aromatic carbocycles. The van der Waals surface area contributed by atoms with Gasteiger partial charge in [0.2, 0.25) is 0 Å². The average molecular weight is 557 g/mol. The van der Waals surface area contributed by atoms with Gasteiger partial charge >= 0.3 is 0 Å². The molecule has 2 amide bonds. The third kappa shape index (κ3) is 4.46. The number of aromatic amines is 1. The van der Waals surface area contributed by atoms with E-state index < -0.39 is 23.2 Å². The van der Waals surface area contributed by atoms with Crippen molar-refractivity contribution in [2.24, 2.45) is 5.92 Å². The number of nitrogens with one attached hydrogen (secondary N) is 1. The summed E-state index contributed by atoms with van der Waals surface area (Å²) in [5, 5.41) is 3.72. The van der Waals surface area contributed by atoms with Crippen molar-refractivity contribution >= 4 is 46.3 Å². The minimum absolute atomic E-state index is 0.00341. The van der Waals surface area contributed by atoms with Crippen LogP contribution in [0.5, 0.6) is 0 Å². The van der Waals surface area contributed by atoms with Crippen LogP contribution >= 0.6 is 23.2 Å². The number of hydrogen-bond donors (Lipinski definition) is 1. The van der Waals surface area contributed by atoms with Crippen LogP contribution in [0.3, 0.4) is 0 Å². The van der Waals surface area contributed by atoms with E-state index in [4.69, 9.17) is 23.2 Å². The van der Waals surface area contributed by atoms with Crippen LogP contribution in [0.4, 0.5) is 10.1 Å². The van der Waals surface area contributed by atoms with Gasteiger partial charge in [0.1, 0.15) is 11.5 Å². The van der Waals surface area contributed by atoms with Gasteiger partial charge in [-0.15, -0.1) is 0 Å². The number of para-hydroxylation sites is 1. The molecule has 198 valence electrons. The number of nitrogens with zero attached hydrogens (tertiary/aromatic N) is 3. The second-order valence-electron chi connectivity index (χ2n) is 9.74. The maximum atomic E-state index is 14.8. The van der Waals surface area contributed by atoms with Crippen LogP contribution in [-0.4, -0.2) is 39.6 Å². The summed E-state index contributed by atoms with van der Waals surface area (Å²) in [6.07, 6.45) is 2.80. The van der Waals surface area contributed by atoms with Crippen LogP contribution in [0, 0.1) is 11.7 Å². The largest absolute Gasteiger partial charge is 0.366 e. The number of anilines is 1. The smallest absolute Gasteiger partial charge is 0.282 e. The van der Waals surface area contributed by atoms with Crippen LogP contribution < -0.4 is 10.5 Å². The number of piperidine rings is 1. The standard InChI is InChI=1S/C28H27Cl2FN4O3/c1-3-6-21-23(27(37)35(32-21)17-9-10-18(29)19(30)15-17)24-25(33-13-11-16(2)12-14-33)28(38)34(26(24)36)22-8-5-4-7-20(22)31/h4-5,7-10,15-16,32H,3,6,11-14H2,1-2H3. The molecule has 0 saturated carbocycles. The lowest BCUT2D eigenvalue weighted by molar-refractivity contribution is -0.120. The van der Waals surface area contributed by atoms with E-state index in [2.05, 4.69) is 12.0 Å². The summed E-state index contributed by atoms with van der Waals surface area (Å²) in [6, 6.07) is 10.4. The summed E-state index contributed by atoms with van der Waals surface area (Å²) in [7, 11) is 0. The Balaban J connectivity index is 1.73. The second-order valence-corrected chi connectivity index (χ2v) is 10.6. The highest BCUT2D eigenvalue weighted by Crippen LogP contribution is 2.37. The highest BCUT2D eigenvalue weighted by Gasteiger charge is 2.45. The van der Waals surface area contributed by atoms with Crippen molar-refractivity contribution in [3.8, 4) is 5.69 Å². The van der Waals surface area contributed by atoms with Gasteiger partial charge in [-0.3, -0.25) is 19.5 Å². The summed E-state index contributed by atoms with van der Waals surface area (Å²) in [6.45, 7) is 5.20. The number of carbonyl (C=O) groups is 2. The van der Waals surface area contributed by atoms with E-state index in [1.54, 1.807) is 24.3 Å². The van der Waals surface area contributed by atoms with Gasteiger partial charge in [-0.2, -0.15) is 0 Å². The number of H-pyrrole nitrogens is 1. The fourth-order valence-electron chi connectivity index (χ4n) is 5.10. The molecule has 0 spiro atoms. The van der Waals surface area contributed by atoms with Crippen molar-refractivity contribution in [3.63, 3.8) is 0 Å². The molecule has 2 aliphatic rings. The molecule has 5 rings (SSSR count). The number of likely N-dealkylation sites (tertiary alicyclic amines) is 1. The normalized spacial score (nSPS) is 16.8. The van der Waals surface area contributed by atoms with E-state index in [1.807, 2.05) is 11.8 Å². The Hall–Kier alpha value is -3.36. The Kier molecular flexibility index (Phi) is 7.20. The van der Waals surface area contributed by atoms with Crippen LogP contribution in [0.2, 0.25) is 10.0 Å². The molecule has 2 aliphatic heterocycles. The second kappa shape index (κ2) is 10.4. The third-order valence-electron chi connectivity index (χ3n) is 7.13. The van der Waals surface area contributed by atoms with E-state index in [0.29, 0.717) is 48.3 Å². The number of imide groups is 1. The maximum Gasteiger partial charge on any atom is 0.282 e. The molecule has 3 aromatic rings. The maximum absolute atomic E-state index is 14.8. The molecule has 3 heterocycles. The average Bonchev–Trinajstić information content (AvgIpc) is 3.34. The molecule has 0 bridgehead atoms. The van der Waals surface area contributed by atoms with Crippen LogP contribution in [0.25, 0.3) is 11.3 Å². The van der Waals surface area contributed by atoms with Gasteiger partial charge < -0.3 is 4.90 Å². The van der Waals surface area contributed by atoms with Crippen molar-refractivity contribution < 1.29 is 14.0 Å². The summed E-state index contributed by atoms with van der Waals surface area (Å²) < 4.78 is 16.1. The number of aromatic nitrogens is 2. The first-order chi connectivity index (χ1) is 18.2. The van der Waals surface area contributed by atoms with Crippen LogP contribution in [0.1, 0.15) is 44.4 Å². The Morgan fingerprint density at radius 2 is 1.71 bits per heavy atom. The van der Waals surface area contributed by atoms with Gasteiger partial charge in [0.25, 0.3) is 17.4 Å². The van der Waals surface area contributed by atoms with Crippen molar-refractivity contribution in [1.29, 1.82) is 0 Å². The van der Waals surface area contributed by atoms with E-state index in [-0.39, 0.29) is 27.5 Å². The Morgan fingerprint density at radius 3 is 2.37 bits per heavy atom. The fraction of sp³-hybridized carbons (Fsp3) is 0.321. The zero-order chi connectivity index (χ0) is 27.1. The van der Waals surface area contributed by atoms with Crippen molar-refractivity contribution in [2.45, 2.75) is 39.5 Å². The molecule has 10 heteroatoms. The topological polar surface area (TPSA) is 78.4 Å². The number of hydrogen-bond acceptors (Lipinski definition) is 4. The number of amides is 2. The van der Waals surface area contributed by atoms with Crippen molar-refractivity contribution in [1.82, 2.24) is 14.7 Å².